The molecule has 1 amide bonds. The van der Waals surface area contributed by atoms with Crippen LogP contribution in [-0.2, 0) is 0 Å². The summed E-state index contributed by atoms with van der Waals surface area (Å²) in [5, 5.41) is 3.61. The van der Waals surface area contributed by atoms with E-state index in [1.165, 1.54) is 0 Å². The van der Waals surface area contributed by atoms with E-state index < -0.39 is 6.09 Å². The van der Waals surface area contributed by atoms with E-state index in [2.05, 4.69) is 10.3 Å². The first kappa shape index (κ1) is 22.9. The Morgan fingerprint density at radius 1 is 0.765 bits per heavy atom. The Labute approximate surface area is 198 Å². The Morgan fingerprint density at radius 3 is 2.24 bits per heavy atom. The molecular formula is C27H26N2O5. The van der Waals surface area contributed by atoms with Gasteiger partial charge in [-0.1, -0.05) is 18.2 Å². The fourth-order valence-corrected chi connectivity index (χ4v) is 3.60. The Morgan fingerprint density at radius 2 is 1.50 bits per heavy atom. The first-order valence-corrected chi connectivity index (χ1v) is 10.7. The summed E-state index contributed by atoms with van der Waals surface area (Å²) < 4.78 is 22.5. The molecule has 0 fully saturated rings. The Hall–Kier alpha value is -4.26. The minimum absolute atomic E-state index is 0.519. The van der Waals surface area contributed by atoms with Gasteiger partial charge in [-0.2, -0.15) is 0 Å². The van der Waals surface area contributed by atoms with Gasteiger partial charge < -0.3 is 18.9 Å². The summed E-state index contributed by atoms with van der Waals surface area (Å²) in [4.78, 5) is 16.9. The number of nitrogens with zero attached hydrogens (tertiary/aromatic N) is 1. The summed E-state index contributed by atoms with van der Waals surface area (Å²) in [6.07, 6.45) is 1.13. The Kier molecular flexibility index (Phi) is 6.54. The second-order valence-corrected chi connectivity index (χ2v) is 7.85. The second-order valence-electron chi connectivity index (χ2n) is 7.85. The maximum absolute atomic E-state index is 12.4. The zero-order chi connectivity index (χ0) is 24.2. The van der Waals surface area contributed by atoms with Crippen LogP contribution in [0.4, 0.5) is 10.5 Å². The number of aromatic nitrogens is 1. The lowest BCUT2D eigenvalue weighted by atomic mass is 10.1. The van der Waals surface area contributed by atoms with Gasteiger partial charge in [0.05, 0.1) is 19.7 Å². The van der Waals surface area contributed by atoms with Crippen molar-refractivity contribution in [3.8, 4) is 28.7 Å². The number of methoxy groups -OCH3 is 2. The summed E-state index contributed by atoms with van der Waals surface area (Å²) in [5.74, 6) is 3.00. The van der Waals surface area contributed by atoms with Crippen molar-refractivity contribution in [2.24, 2.45) is 0 Å². The zero-order valence-corrected chi connectivity index (χ0v) is 19.8. The molecule has 0 aliphatic carbocycles. The Bertz CT molecular complexity index is 1370. The number of para-hydroxylation sites is 1. The minimum Gasteiger partial charge on any atom is -0.493 e. The van der Waals surface area contributed by atoms with Crippen molar-refractivity contribution in [2.75, 3.05) is 19.5 Å². The molecule has 0 radical (unpaired) electrons. The number of rotatable bonds is 6. The van der Waals surface area contributed by atoms with Crippen molar-refractivity contribution in [2.45, 2.75) is 20.8 Å². The van der Waals surface area contributed by atoms with Crippen molar-refractivity contribution >= 4 is 22.7 Å². The molecule has 0 unspecified atom stereocenters. The van der Waals surface area contributed by atoms with Crippen LogP contribution in [0, 0.1) is 20.8 Å². The molecule has 4 rings (SSSR count). The lowest BCUT2D eigenvalue weighted by Gasteiger charge is -2.16. The number of anilines is 1. The van der Waals surface area contributed by atoms with E-state index in [1.807, 2.05) is 63.2 Å². The number of hydrogen-bond donors (Lipinski definition) is 1. The largest absolute Gasteiger partial charge is 0.493 e. The van der Waals surface area contributed by atoms with E-state index in [9.17, 15) is 4.79 Å². The highest BCUT2D eigenvalue weighted by Gasteiger charge is 2.15. The molecule has 0 bridgehead atoms. The van der Waals surface area contributed by atoms with Gasteiger partial charge in [-0.15, -0.1) is 0 Å². The zero-order valence-electron chi connectivity index (χ0n) is 19.8. The van der Waals surface area contributed by atoms with Crippen molar-refractivity contribution in [1.82, 2.24) is 4.98 Å². The first-order valence-electron chi connectivity index (χ1n) is 10.7. The van der Waals surface area contributed by atoms with Crippen molar-refractivity contribution in [3.63, 3.8) is 0 Å². The molecule has 1 aromatic heterocycles. The van der Waals surface area contributed by atoms with E-state index in [0.717, 1.165) is 27.6 Å². The third-order valence-electron chi connectivity index (χ3n) is 5.48. The number of ether oxygens (including phenoxy) is 4. The summed E-state index contributed by atoms with van der Waals surface area (Å²) in [6, 6.07) is 16.6. The van der Waals surface area contributed by atoms with Crippen LogP contribution in [0.5, 0.6) is 28.7 Å². The lowest BCUT2D eigenvalue weighted by molar-refractivity contribution is 0.215. The molecule has 1 N–H and O–H groups in total. The van der Waals surface area contributed by atoms with Crippen LogP contribution in [-0.4, -0.2) is 25.3 Å². The van der Waals surface area contributed by atoms with Crippen LogP contribution < -0.4 is 24.3 Å². The number of fused-ring (bicyclic) bond motifs is 1. The SMILES string of the molecule is COc1cc2nccc(Oc3cc(C)c(NC(=O)Oc4ccccc4C)cc3C)c2cc1OC. The van der Waals surface area contributed by atoms with Gasteiger partial charge in [-0.3, -0.25) is 10.3 Å². The molecule has 0 saturated heterocycles. The molecule has 174 valence electrons. The van der Waals surface area contributed by atoms with Crippen LogP contribution in [0.2, 0.25) is 0 Å². The van der Waals surface area contributed by atoms with Crippen LogP contribution in [0.1, 0.15) is 16.7 Å². The number of pyridine rings is 1. The minimum atomic E-state index is -0.549. The van der Waals surface area contributed by atoms with Gasteiger partial charge >= 0.3 is 6.09 Å². The quantitative estimate of drug-likeness (QED) is 0.352. The number of carbonyl (C=O) groups excluding carboxylic acids is 1. The molecule has 0 saturated carbocycles. The van der Waals surface area contributed by atoms with E-state index in [1.54, 1.807) is 32.5 Å². The third kappa shape index (κ3) is 4.73. The van der Waals surface area contributed by atoms with Crippen LogP contribution in [0.3, 0.4) is 0 Å². The average molecular weight is 459 g/mol. The second kappa shape index (κ2) is 9.70. The highest BCUT2D eigenvalue weighted by molar-refractivity contribution is 5.89. The van der Waals surface area contributed by atoms with Gasteiger partial charge in [0, 0.05) is 23.3 Å². The highest BCUT2D eigenvalue weighted by Crippen LogP contribution is 2.38. The molecule has 3 aromatic carbocycles. The predicted octanol–water partition coefficient (Wildman–Crippen LogP) is 6.58. The Balaban J connectivity index is 1.58. The molecule has 34 heavy (non-hydrogen) atoms. The van der Waals surface area contributed by atoms with Gasteiger partial charge in [-0.05, 0) is 67.8 Å². The number of amides is 1. The molecule has 0 atom stereocenters. The molecule has 1 heterocycles. The van der Waals surface area contributed by atoms with E-state index >= 15 is 0 Å². The fourth-order valence-electron chi connectivity index (χ4n) is 3.60. The number of carbonyl (C=O) groups is 1. The molecule has 0 aliphatic rings. The highest BCUT2D eigenvalue weighted by atomic mass is 16.6. The smallest absolute Gasteiger partial charge is 0.417 e. The van der Waals surface area contributed by atoms with Crippen molar-refractivity contribution in [3.05, 3.63) is 77.5 Å². The summed E-state index contributed by atoms with van der Waals surface area (Å²) in [6.45, 7) is 5.70. The molecule has 4 aromatic rings. The number of nitrogens with one attached hydrogen (secondary N) is 1. The molecule has 7 heteroatoms. The first-order chi connectivity index (χ1) is 16.4. The van der Waals surface area contributed by atoms with Gasteiger partial charge in [0.1, 0.15) is 17.2 Å². The normalized spacial score (nSPS) is 10.6. The summed E-state index contributed by atoms with van der Waals surface area (Å²) in [7, 11) is 3.17. The standard InChI is InChI=1S/C27H26N2O5/c1-16-8-6-7-9-22(16)34-27(30)29-20-12-18(3)24(13-17(20)2)33-23-10-11-28-21-15-26(32-5)25(31-4)14-19(21)23/h6-15H,1-5H3,(H,29,30). The lowest BCUT2D eigenvalue weighted by Crippen LogP contribution is -2.18. The van der Waals surface area contributed by atoms with E-state index in [0.29, 0.717) is 34.4 Å². The molecular weight excluding hydrogens is 432 g/mol. The molecule has 7 nitrogen and oxygen atoms in total. The monoisotopic (exact) mass is 458 g/mol. The fraction of sp³-hybridized carbons (Fsp3) is 0.185. The van der Waals surface area contributed by atoms with Gasteiger partial charge in [-0.25, -0.2) is 4.79 Å². The predicted molar refractivity (Wildman–Crippen MR) is 132 cm³/mol. The number of aryl methyl sites for hydroxylation is 3. The topological polar surface area (TPSA) is 78.9 Å². The van der Waals surface area contributed by atoms with Crippen molar-refractivity contribution < 1.29 is 23.7 Å². The number of benzene rings is 3. The maximum Gasteiger partial charge on any atom is 0.417 e. The summed E-state index contributed by atoms with van der Waals surface area (Å²) >= 11 is 0. The van der Waals surface area contributed by atoms with Gasteiger partial charge in [0.25, 0.3) is 0 Å². The number of hydrogen-bond acceptors (Lipinski definition) is 6. The van der Waals surface area contributed by atoms with Gasteiger partial charge in [0.2, 0.25) is 0 Å². The molecule has 0 aliphatic heterocycles. The summed E-state index contributed by atoms with van der Waals surface area (Å²) in [5.41, 5.74) is 3.94. The van der Waals surface area contributed by atoms with Gasteiger partial charge in [0.15, 0.2) is 11.5 Å². The molecule has 0 spiro atoms. The van der Waals surface area contributed by atoms with Crippen LogP contribution in [0.15, 0.2) is 60.8 Å². The van der Waals surface area contributed by atoms with Crippen LogP contribution in [0.25, 0.3) is 10.9 Å². The van der Waals surface area contributed by atoms with E-state index in [4.69, 9.17) is 18.9 Å². The maximum atomic E-state index is 12.4. The van der Waals surface area contributed by atoms with E-state index in [-0.39, 0.29) is 0 Å². The van der Waals surface area contributed by atoms with Crippen molar-refractivity contribution in [1.29, 1.82) is 0 Å². The van der Waals surface area contributed by atoms with Crippen LogP contribution >= 0.6 is 0 Å². The third-order valence-corrected chi connectivity index (χ3v) is 5.48. The average Bonchev–Trinajstić information content (AvgIpc) is 2.83.